The van der Waals surface area contributed by atoms with Gasteiger partial charge in [0.15, 0.2) is 0 Å². The second-order valence-electron chi connectivity index (χ2n) is 4.26. The smallest absolute Gasteiger partial charge is 0.253 e. The van der Waals surface area contributed by atoms with Crippen LogP contribution in [0.2, 0.25) is 0 Å². The zero-order valence-corrected chi connectivity index (χ0v) is 10.9. The number of ether oxygens (including phenoxy) is 1. The van der Waals surface area contributed by atoms with E-state index in [1.54, 1.807) is 6.92 Å². The average Bonchev–Trinajstić information content (AvgIpc) is 2.41. The predicted molar refractivity (Wildman–Crippen MR) is 73.1 cm³/mol. The second kappa shape index (κ2) is 6.15. The van der Waals surface area contributed by atoms with E-state index >= 15 is 0 Å². The maximum Gasteiger partial charge on any atom is 0.253 e. The van der Waals surface area contributed by atoms with Gasteiger partial charge in [-0.25, -0.2) is 4.98 Å². The molecule has 0 spiro atoms. The number of rotatable bonds is 5. The number of aryl methyl sites for hydroxylation is 1. The molecule has 2 rings (SSSR count). The maximum atomic E-state index is 11.6. The van der Waals surface area contributed by atoms with E-state index in [9.17, 15) is 4.79 Å². The Morgan fingerprint density at radius 3 is 2.95 bits per heavy atom. The fourth-order valence-electron chi connectivity index (χ4n) is 1.71. The molecule has 0 bridgehead atoms. The van der Waals surface area contributed by atoms with Gasteiger partial charge >= 0.3 is 0 Å². The van der Waals surface area contributed by atoms with E-state index in [4.69, 9.17) is 10.5 Å². The Morgan fingerprint density at radius 2 is 2.21 bits per heavy atom. The Bertz CT molecular complexity index is 608. The molecule has 0 aliphatic rings. The van der Waals surface area contributed by atoms with Crippen LogP contribution in [-0.4, -0.2) is 16.2 Å². The molecule has 2 N–H and O–H groups in total. The van der Waals surface area contributed by atoms with Gasteiger partial charge in [-0.15, -0.1) is 0 Å². The lowest BCUT2D eigenvalue weighted by atomic mass is 10.2. The van der Waals surface area contributed by atoms with Gasteiger partial charge in [0.2, 0.25) is 0 Å². The Kier molecular flexibility index (Phi) is 4.30. The molecule has 5 heteroatoms. The summed E-state index contributed by atoms with van der Waals surface area (Å²) in [6, 6.07) is 9.12. The van der Waals surface area contributed by atoms with Gasteiger partial charge in [0, 0.05) is 18.3 Å². The minimum absolute atomic E-state index is 0.0631. The van der Waals surface area contributed by atoms with Crippen molar-refractivity contribution in [1.29, 1.82) is 0 Å². The van der Waals surface area contributed by atoms with E-state index in [0.717, 1.165) is 17.0 Å². The summed E-state index contributed by atoms with van der Waals surface area (Å²) in [4.78, 5) is 15.7. The van der Waals surface area contributed by atoms with Crippen molar-refractivity contribution in [1.82, 2.24) is 9.55 Å². The van der Waals surface area contributed by atoms with Gasteiger partial charge in [-0.05, 0) is 24.6 Å². The van der Waals surface area contributed by atoms with Crippen LogP contribution in [0.25, 0.3) is 0 Å². The summed E-state index contributed by atoms with van der Waals surface area (Å²) in [7, 11) is 0. The predicted octanol–water partition coefficient (Wildman–Crippen LogP) is 1.09. The third-order valence-corrected chi connectivity index (χ3v) is 2.75. The molecule has 0 fully saturated rings. The first-order valence-electron chi connectivity index (χ1n) is 6.14. The summed E-state index contributed by atoms with van der Waals surface area (Å²) < 4.78 is 7.12. The molecule has 0 aliphatic carbocycles. The van der Waals surface area contributed by atoms with E-state index < -0.39 is 0 Å². The van der Waals surface area contributed by atoms with Crippen LogP contribution in [0.4, 0.5) is 0 Å². The van der Waals surface area contributed by atoms with Gasteiger partial charge in [0.05, 0.1) is 12.9 Å². The second-order valence-corrected chi connectivity index (χ2v) is 4.26. The topological polar surface area (TPSA) is 70.1 Å². The first-order chi connectivity index (χ1) is 9.19. The van der Waals surface area contributed by atoms with Gasteiger partial charge in [0.1, 0.15) is 12.4 Å². The molecule has 2 aromatic rings. The lowest BCUT2D eigenvalue weighted by Gasteiger charge is -2.09. The SMILES string of the molecule is Cc1cc(=O)n(CCOc2cccc(CN)c2)cn1. The first-order valence-corrected chi connectivity index (χ1v) is 6.14. The minimum Gasteiger partial charge on any atom is -0.492 e. The molecule has 1 aromatic heterocycles. The highest BCUT2D eigenvalue weighted by molar-refractivity contribution is 5.28. The van der Waals surface area contributed by atoms with Gasteiger partial charge in [-0.1, -0.05) is 12.1 Å². The molecular formula is C14H17N3O2. The largest absolute Gasteiger partial charge is 0.492 e. The van der Waals surface area contributed by atoms with Crippen molar-refractivity contribution in [2.45, 2.75) is 20.0 Å². The van der Waals surface area contributed by atoms with Crippen LogP contribution in [0, 0.1) is 6.92 Å². The van der Waals surface area contributed by atoms with Crippen LogP contribution in [0.3, 0.4) is 0 Å². The van der Waals surface area contributed by atoms with Crippen molar-refractivity contribution in [3.63, 3.8) is 0 Å². The molecule has 0 unspecified atom stereocenters. The van der Waals surface area contributed by atoms with Crippen LogP contribution in [0.5, 0.6) is 5.75 Å². The molecule has 0 saturated carbocycles. The van der Waals surface area contributed by atoms with Crippen molar-refractivity contribution >= 4 is 0 Å². The number of nitrogens with zero attached hydrogens (tertiary/aromatic N) is 2. The third-order valence-electron chi connectivity index (χ3n) is 2.75. The number of hydrogen-bond donors (Lipinski definition) is 1. The lowest BCUT2D eigenvalue weighted by Crippen LogP contribution is -2.23. The van der Waals surface area contributed by atoms with Crippen molar-refractivity contribution in [2.75, 3.05) is 6.61 Å². The first kappa shape index (κ1) is 13.3. The van der Waals surface area contributed by atoms with Crippen LogP contribution in [-0.2, 0) is 13.1 Å². The Labute approximate surface area is 111 Å². The van der Waals surface area contributed by atoms with Gasteiger partial charge in [0.25, 0.3) is 5.56 Å². The molecule has 5 nitrogen and oxygen atoms in total. The van der Waals surface area contributed by atoms with E-state index in [0.29, 0.717) is 19.7 Å². The average molecular weight is 259 g/mol. The highest BCUT2D eigenvalue weighted by Crippen LogP contribution is 2.12. The molecule has 19 heavy (non-hydrogen) atoms. The van der Waals surface area contributed by atoms with Gasteiger partial charge in [-0.3, -0.25) is 9.36 Å². The van der Waals surface area contributed by atoms with Crippen molar-refractivity contribution < 1.29 is 4.74 Å². The van der Waals surface area contributed by atoms with Gasteiger partial charge < -0.3 is 10.5 Å². The van der Waals surface area contributed by atoms with Gasteiger partial charge in [-0.2, -0.15) is 0 Å². The summed E-state index contributed by atoms with van der Waals surface area (Å²) in [5.41, 5.74) is 7.24. The number of aromatic nitrogens is 2. The Morgan fingerprint density at radius 1 is 1.37 bits per heavy atom. The highest BCUT2D eigenvalue weighted by Gasteiger charge is 1.99. The fourth-order valence-corrected chi connectivity index (χ4v) is 1.71. The van der Waals surface area contributed by atoms with Crippen LogP contribution in [0.1, 0.15) is 11.3 Å². The van der Waals surface area contributed by atoms with E-state index in [-0.39, 0.29) is 5.56 Å². The van der Waals surface area contributed by atoms with E-state index in [1.165, 1.54) is 17.0 Å². The molecule has 0 radical (unpaired) electrons. The minimum atomic E-state index is -0.0631. The Balaban J connectivity index is 1.94. The zero-order valence-electron chi connectivity index (χ0n) is 10.9. The highest BCUT2D eigenvalue weighted by atomic mass is 16.5. The van der Waals surface area contributed by atoms with Crippen molar-refractivity contribution in [3.8, 4) is 5.75 Å². The summed E-state index contributed by atoms with van der Waals surface area (Å²) >= 11 is 0. The summed E-state index contributed by atoms with van der Waals surface area (Å²) in [6.45, 7) is 3.16. The Hall–Kier alpha value is -2.14. The van der Waals surface area contributed by atoms with Crippen molar-refractivity contribution in [3.05, 3.63) is 58.3 Å². The monoisotopic (exact) mass is 259 g/mol. The summed E-state index contributed by atoms with van der Waals surface area (Å²) in [5.74, 6) is 0.760. The molecule has 1 heterocycles. The van der Waals surface area contributed by atoms with E-state index in [2.05, 4.69) is 4.98 Å². The van der Waals surface area contributed by atoms with Crippen LogP contribution < -0.4 is 16.0 Å². The zero-order chi connectivity index (χ0) is 13.7. The summed E-state index contributed by atoms with van der Waals surface area (Å²) in [5, 5.41) is 0. The third kappa shape index (κ3) is 3.66. The molecule has 0 saturated heterocycles. The standard InChI is InChI=1S/C14H17N3O2/c1-11-7-14(18)17(10-16-11)5-6-19-13-4-2-3-12(8-13)9-15/h2-4,7-8,10H,5-6,9,15H2,1H3. The molecule has 0 atom stereocenters. The molecule has 0 aliphatic heterocycles. The quantitative estimate of drug-likeness (QED) is 0.872. The number of nitrogens with two attached hydrogens (primary N) is 1. The van der Waals surface area contributed by atoms with Crippen LogP contribution in [0.15, 0.2) is 41.5 Å². The summed E-state index contributed by atoms with van der Waals surface area (Å²) in [6.07, 6.45) is 1.54. The molecule has 0 amide bonds. The maximum absolute atomic E-state index is 11.6. The normalized spacial score (nSPS) is 10.4. The van der Waals surface area contributed by atoms with Crippen molar-refractivity contribution in [2.24, 2.45) is 5.73 Å². The molecule has 100 valence electrons. The number of hydrogen-bond acceptors (Lipinski definition) is 4. The molecular weight excluding hydrogens is 242 g/mol. The van der Waals surface area contributed by atoms with E-state index in [1.807, 2.05) is 24.3 Å². The fraction of sp³-hybridized carbons (Fsp3) is 0.286. The number of benzene rings is 1. The lowest BCUT2D eigenvalue weighted by molar-refractivity contribution is 0.295. The van der Waals surface area contributed by atoms with Crippen LogP contribution >= 0.6 is 0 Å². The molecule has 1 aromatic carbocycles.